The predicted molar refractivity (Wildman–Crippen MR) is 293 cm³/mol. The van der Waals surface area contributed by atoms with E-state index in [-0.39, 0.29) is 12.8 Å². The molecule has 0 aromatic carbocycles. The van der Waals surface area contributed by atoms with Crippen LogP contribution < -0.4 is 5.32 Å². The fourth-order valence-electron chi connectivity index (χ4n) is 9.81. The summed E-state index contributed by atoms with van der Waals surface area (Å²) in [4.78, 5) is 13.1. The van der Waals surface area contributed by atoms with E-state index in [1.165, 1.54) is 199 Å². The van der Waals surface area contributed by atoms with Crippen molar-refractivity contribution < 1.29 is 50.0 Å². The number of hydrogen-bond donors (Lipinski definition) is 8. The first-order valence-corrected chi connectivity index (χ1v) is 30.2. The Labute approximate surface area is 435 Å². The van der Waals surface area contributed by atoms with E-state index in [0.29, 0.717) is 19.3 Å². The lowest BCUT2D eigenvalue weighted by atomic mass is 9.98. The maximum absolute atomic E-state index is 13.1. The van der Waals surface area contributed by atoms with Gasteiger partial charge in [0.2, 0.25) is 5.91 Å². The summed E-state index contributed by atoms with van der Waals surface area (Å²) in [5.41, 5.74) is 0. The molecule has 11 heteroatoms. The zero-order valence-corrected chi connectivity index (χ0v) is 46.0. The second kappa shape index (κ2) is 49.5. The van der Waals surface area contributed by atoms with Crippen molar-refractivity contribution in [2.45, 2.75) is 339 Å². The van der Waals surface area contributed by atoms with Gasteiger partial charge in [-0.05, 0) is 51.4 Å². The summed E-state index contributed by atoms with van der Waals surface area (Å²) >= 11 is 0. The van der Waals surface area contributed by atoms with Gasteiger partial charge in [0.15, 0.2) is 6.29 Å². The number of hydrogen-bond acceptors (Lipinski definition) is 10. The minimum Gasteiger partial charge on any atom is -0.394 e. The van der Waals surface area contributed by atoms with Crippen molar-refractivity contribution in [1.82, 2.24) is 5.32 Å². The van der Waals surface area contributed by atoms with Crippen LogP contribution in [0.3, 0.4) is 0 Å². The summed E-state index contributed by atoms with van der Waals surface area (Å²) in [7, 11) is 0. The van der Waals surface area contributed by atoms with E-state index in [9.17, 15) is 40.5 Å². The third-order valence-electron chi connectivity index (χ3n) is 14.7. The number of carbonyl (C=O) groups excluding carboxylic acids is 1. The van der Waals surface area contributed by atoms with Gasteiger partial charge in [0.05, 0.1) is 25.4 Å². The van der Waals surface area contributed by atoms with Crippen LogP contribution in [0.4, 0.5) is 0 Å². The molecule has 0 saturated carbocycles. The normalized spacial score (nSPS) is 20.3. The Kier molecular flexibility index (Phi) is 47.1. The minimum absolute atomic E-state index is 0.249. The lowest BCUT2D eigenvalue weighted by Crippen LogP contribution is -2.60. The Hall–Kier alpha value is -1.41. The molecular formula is C60H115NO10. The summed E-state index contributed by atoms with van der Waals surface area (Å²) in [5, 5.41) is 76.0. The largest absolute Gasteiger partial charge is 0.394 e. The van der Waals surface area contributed by atoms with Crippen LogP contribution in [0.1, 0.15) is 284 Å². The van der Waals surface area contributed by atoms with E-state index in [2.05, 4.69) is 43.5 Å². The maximum Gasteiger partial charge on any atom is 0.249 e. The molecule has 9 unspecified atom stereocenters. The highest BCUT2D eigenvalue weighted by atomic mass is 16.7. The van der Waals surface area contributed by atoms with Crippen LogP contribution in [0.5, 0.6) is 0 Å². The molecule has 0 radical (unpaired) electrons. The molecule has 420 valence electrons. The van der Waals surface area contributed by atoms with Crippen LogP contribution in [0.15, 0.2) is 24.3 Å². The Morgan fingerprint density at radius 3 is 1.25 bits per heavy atom. The molecule has 0 bridgehead atoms. The van der Waals surface area contributed by atoms with Gasteiger partial charge in [0, 0.05) is 0 Å². The highest BCUT2D eigenvalue weighted by Gasteiger charge is 2.44. The lowest BCUT2D eigenvalue weighted by molar-refractivity contribution is -0.303. The fourth-order valence-corrected chi connectivity index (χ4v) is 9.81. The smallest absolute Gasteiger partial charge is 0.249 e. The number of aliphatic hydroxyl groups is 7. The highest BCUT2D eigenvalue weighted by molar-refractivity contribution is 5.80. The second-order valence-electron chi connectivity index (χ2n) is 21.4. The molecule has 0 aromatic rings. The summed E-state index contributed by atoms with van der Waals surface area (Å²) in [5.74, 6) is -0.708. The molecule has 0 aliphatic carbocycles. The van der Waals surface area contributed by atoms with Crippen LogP contribution in [-0.2, 0) is 14.3 Å². The van der Waals surface area contributed by atoms with Crippen molar-refractivity contribution in [3.05, 3.63) is 24.3 Å². The van der Waals surface area contributed by atoms with Gasteiger partial charge in [-0.15, -0.1) is 0 Å². The van der Waals surface area contributed by atoms with Crippen molar-refractivity contribution in [3.8, 4) is 0 Å². The number of amides is 1. The van der Waals surface area contributed by atoms with Gasteiger partial charge in [0.1, 0.15) is 36.6 Å². The molecule has 0 spiro atoms. The number of aliphatic hydroxyl groups excluding tert-OH is 7. The van der Waals surface area contributed by atoms with Gasteiger partial charge in [-0.1, -0.05) is 256 Å². The van der Waals surface area contributed by atoms with E-state index in [0.717, 1.165) is 38.5 Å². The number of unbranched alkanes of at least 4 members (excludes halogenated alkanes) is 36. The molecule has 1 aliphatic rings. The molecule has 9 atom stereocenters. The first kappa shape index (κ1) is 67.6. The van der Waals surface area contributed by atoms with Crippen molar-refractivity contribution in [1.29, 1.82) is 0 Å². The summed E-state index contributed by atoms with van der Waals surface area (Å²) < 4.78 is 11.1. The van der Waals surface area contributed by atoms with E-state index >= 15 is 0 Å². The average Bonchev–Trinajstić information content (AvgIpc) is 3.37. The number of nitrogens with one attached hydrogen (secondary N) is 1. The molecule has 11 nitrogen and oxygen atoms in total. The monoisotopic (exact) mass is 1010 g/mol. The van der Waals surface area contributed by atoms with Crippen molar-refractivity contribution in [2.75, 3.05) is 13.2 Å². The Bertz CT molecular complexity index is 1200. The molecule has 1 rings (SSSR count). The third-order valence-corrected chi connectivity index (χ3v) is 14.7. The fraction of sp³-hybridized carbons (Fsp3) is 0.917. The number of allylic oxidation sites excluding steroid dienone is 4. The molecule has 1 fully saturated rings. The average molecular weight is 1010 g/mol. The van der Waals surface area contributed by atoms with Gasteiger partial charge in [-0.3, -0.25) is 4.79 Å². The Morgan fingerprint density at radius 2 is 0.845 bits per heavy atom. The molecule has 8 N–H and O–H groups in total. The van der Waals surface area contributed by atoms with Crippen LogP contribution >= 0.6 is 0 Å². The highest BCUT2D eigenvalue weighted by Crippen LogP contribution is 2.23. The molecule has 1 aliphatic heterocycles. The predicted octanol–water partition coefficient (Wildman–Crippen LogP) is 12.9. The second-order valence-corrected chi connectivity index (χ2v) is 21.4. The van der Waals surface area contributed by atoms with E-state index < -0.39 is 74.2 Å². The summed E-state index contributed by atoms with van der Waals surface area (Å²) in [6.07, 6.45) is 48.4. The van der Waals surface area contributed by atoms with Crippen molar-refractivity contribution >= 4 is 5.91 Å². The SMILES string of the molecule is CCCCCCCCCCCCCCCCCCCCCCCC/C=C/CC/C=C/CCCC(O)C(O)C(COC1OC(CO)C(O)C(O)C1O)NC(=O)C(O)CCCCCCCCCCCCCCC. The summed E-state index contributed by atoms with van der Waals surface area (Å²) in [6, 6.07) is -1.19. The van der Waals surface area contributed by atoms with Crippen LogP contribution in [-0.4, -0.2) is 110 Å². The van der Waals surface area contributed by atoms with Crippen LogP contribution in [0.2, 0.25) is 0 Å². The first-order valence-electron chi connectivity index (χ1n) is 30.2. The van der Waals surface area contributed by atoms with Gasteiger partial charge in [-0.2, -0.15) is 0 Å². The number of ether oxygens (including phenoxy) is 2. The quantitative estimate of drug-likeness (QED) is 0.0215. The third kappa shape index (κ3) is 37.9. The molecule has 0 aromatic heterocycles. The van der Waals surface area contributed by atoms with Gasteiger partial charge >= 0.3 is 0 Å². The minimum atomic E-state index is -1.67. The number of rotatable bonds is 52. The first-order chi connectivity index (χ1) is 34.7. The molecule has 1 saturated heterocycles. The lowest BCUT2D eigenvalue weighted by Gasteiger charge is -2.40. The Balaban J connectivity index is 2.25. The summed E-state index contributed by atoms with van der Waals surface area (Å²) in [6.45, 7) is 3.45. The van der Waals surface area contributed by atoms with E-state index in [1.54, 1.807) is 0 Å². The van der Waals surface area contributed by atoms with Crippen molar-refractivity contribution in [2.24, 2.45) is 0 Å². The number of carbonyl (C=O) groups is 1. The van der Waals surface area contributed by atoms with Crippen LogP contribution in [0, 0.1) is 0 Å². The molecule has 71 heavy (non-hydrogen) atoms. The zero-order valence-electron chi connectivity index (χ0n) is 46.0. The van der Waals surface area contributed by atoms with Crippen molar-refractivity contribution in [3.63, 3.8) is 0 Å². The Morgan fingerprint density at radius 1 is 0.479 bits per heavy atom. The standard InChI is InChI=1S/C60H115NO10/c1-3-5-7-9-11-13-15-17-18-19-20-21-22-23-24-25-26-27-28-29-30-31-32-33-34-36-37-39-41-43-45-47-52(63)55(65)51(50-70-60-58(68)57(67)56(66)54(49-62)71-60)61-59(69)53(64)48-46-44-42-40-38-35-16-14-12-10-8-6-4-2/h33-34,39,41,51-58,60,62-68H,3-32,35-38,40,42-50H2,1-2H3,(H,61,69)/b34-33+,41-39+. The maximum atomic E-state index is 13.1. The topological polar surface area (TPSA) is 189 Å². The molecule has 1 heterocycles. The van der Waals surface area contributed by atoms with E-state index in [1.807, 2.05) is 0 Å². The van der Waals surface area contributed by atoms with Gasteiger partial charge in [0.25, 0.3) is 0 Å². The zero-order chi connectivity index (χ0) is 51.8. The molecule has 1 amide bonds. The van der Waals surface area contributed by atoms with Crippen LogP contribution in [0.25, 0.3) is 0 Å². The van der Waals surface area contributed by atoms with Gasteiger partial charge < -0.3 is 50.5 Å². The van der Waals surface area contributed by atoms with E-state index in [4.69, 9.17) is 9.47 Å². The van der Waals surface area contributed by atoms with Gasteiger partial charge in [-0.25, -0.2) is 0 Å². The molecular weight excluding hydrogens is 895 g/mol.